The first kappa shape index (κ1) is 33.5. The highest BCUT2D eigenvalue weighted by Gasteiger charge is 2.23. The molecule has 2 aromatic carbocycles. The topological polar surface area (TPSA) is 125 Å². The van der Waals surface area contributed by atoms with E-state index in [-0.39, 0.29) is 70.9 Å². The number of fused-ring (bicyclic) bond motifs is 2. The van der Waals surface area contributed by atoms with E-state index >= 15 is 0 Å². The fraction of sp³-hybridized carbons (Fsp3) is 0.355. The Morgan fingerprint density at radius 2 is 1.16 bits per heavy atom. The predicted octanol–water partition coefficient (Wildman–Crippen LogP) is 7.99. The van der Waals surface area contributed by atoms with Crippen LogP contribution in [-0.2, 0) is 9.59 Å². The molecule has 4 aromatic rings. The first-order chi connectivity index (χ1) is 20.9. The summed E-state index contributed by atoms with van der Waals surface area (Å²) in [4.78, 5) is 49.1. The average molecular weight is 682 g/mol. The van der Waals surface area contributed by atoms with Crippen LogP contribution in [0.2, 0.25) is 10.0 Å². The van der Waals surface area contributed by atoms with Crippen molar-refractivity contribution in [1.82, 2.24) is 0 Å². The molecular formula is C31H30Cl2O9S2. The first-order valence-electron chi connectivity index (χ1n) is 13.5. The van der Waals surface area contributed by atoms with Crippen molar-refractivity contribution in [3.63, 3.8) is 0 Å². The largest absolute Gasteiger partial charge is 0.493 e. The summed E-state index contributed by atoms with van der Waals surface area (Å²) >= 11 is 15.9. The summed E-state index contributed by atoms with van der Waals surface area (Å²) in [7, 11) is 2.95. The van der Waals surface area contributed by atoms with Gasteiger partial charge in [-0.25, -0.2) is 0 Å². The zero-order valence-electron chi connectivity index (χ0n) is 24.6. The van der Waals surface area contributed by atoms with E-state index in [1.165, 1.54) is 50.7 Å². The summed E-state index contributed by atoms with van der Waals surface area (Å²) in [5, 5.41) is 10.9. The van der Waals surface area contributed by atoms with Crippen molar-refractivity contribution in [2.24, 2.45) is 11.8 Å². The summed E-state index contributed by atoms with van der Waals surface area (Å²) in [6.07, 6.45) is -0.0140. The molecule has 13 heteroatoms. The Morgan fingerprint density at radius 1 is 0.750 bits per heavy atom. The quantitative estimate of drug-likeness (QED) is 0.0982. The van der Waals surface area contributed by atoms with Gasteiger partial charge in [-0.1, -0.05) is 37.0 Å². The Balaban J connectivity index is 1.51. The molecule has 234 valence electrons. The van der Waals surface area contributed by atoms with E-state index in [0.29, 0.717) is 36.7 Å². The van der Waals surface area contributed by atoms with Crippen LogP contribution in [0.3, 0.4) is 0 Å². The van der Waals surface area contributed by atoms with Gasteiger partial charge in [0.15, 0.2) is 34.6 Å². The van der Waals surface area contributed by atoms with E-state index in [1.54, 1.807) is 31.2 Å². The van der Waals surface area contributed by atoms with Gasteiger partial charge in [-0.2, -0.15) is 0 Å². The van der Waals surface area contributed by atoms with E-state index in [0.717, 1.165) is 4.70 Å². The molecule has 0 aliphatic carbocycles. The van der Waals surface area contributed by atoms with Gasteiger partial charge >= 0.3 is 5.97 Å². The van der Waals surface area contributed by atoms with Crippen LogP contribution >= 0.6 is 45.9 Å². The third-order valence-corrected chi connectivity index (χ3v) is 10.0. The van der Waals surface area contributed by atoms with E-state index < -0.39 is 11.9 Å². The Bertz CT molecular complexity index is 1630. The normalized spacial score (nSPS) is 12.6. The smallest absolute Gasteiger partial charge is 0.306 e. The minimum absolute atomic E-state index is 0.0431. The molecule has 0 aliphatic rings. The summed E-state index contributed by atoms with van der Waals surface area (Å²) in [5.41, 5.74) is 0. The number of carboxylic acid groups (broad SMARTS) is 1. The molecule has 2 aromatic heterocycles. The molecule has 0 saturated carbocycles. The number of carbonyl (C=O) groups excluding carboxylic acids is 3. The van der Waals surface area contributed by atoms with Crippen molar-refractivity contribution in [2.45, 2.75) is 33.6 Å². The molecular weight excluding hydrogens is 651 g/mol. The van der Waals surface area contributed by atoms with Crippen LogP contribution in [0.4, 0.5) is 0 Å². The van der Waals surface area contributed by atoms with Crippen molar-refractivity contribution in [2.75, 3.05) is 27.4 Å². The van der Waals surface area contributed by atoms with E-state index in [4.69, 9.17) is 47.3 Å². The number of carboxylic acids is 1. The molecule has 2 atom stereocenters. The summed E-state index contributed by atoms with van der Waals surface area (Å²) < 4.78 is 24.3. The fourth-order valence-corrected chi connectivity index (χ4v) is 7.14. The van der Waals surface area contributed by atoms with Gasteiger partial charge in [0.2, 0.25) is 0 Å². The molecule has 0 fully saturated rings. The number of hydrogen-bond donors (Lipinski definition) is 1. The maximum atomic E-state index is 12.8. The van der Waals surface area contributed by atoms with E-state index in [1.807, 2.05) is 0 Å². The van der Waals surface area contributed by atoms with Gasteiger partial charge in [0.25, 0.3) is 0 Å². The lowest BCUT2D eigenvalue weighted by Gasteiger charge is -2.15. The molecule has 0 amide bonds. The second-order valence-corrected chi connectivity index (χ2v) is 13.1. The number of ether oxygens (including phenoxy) is 4. The molecule has 0 spiro atoms. The molecule has 0 radical (unpaired) electrons. The number of benzene rings is 2. The molecule has 4 rings (SSSR count). The molecule has 0 unspecified atom stereocenters. The minimum atomic E-state index is -1.04. The first-order valence-corrected chi connectivity index (χ1v) is 15.9. The second-order valence-electron chi connectivity index (χ2n) is 10.2. The molecule has 9 nitrogen and oxygen atoms in total. The zero-order chi connectivity index (χ0) is 32.3. The van der Waals surface area contributed by atoms with Crippen LogP contribution in [0.25, 0.3) is 20.2 Å². The fourth-order valence-electron chi connectivity index (χ4n) is 4.32. The van der Waals surface area contributed by atoms with Crippen molar-refractivity contribution in [3.8, 4) is 23.0 Å². The monoisotopic (exact) mass is 680 g/mol. The third-order valence-electron chi connectivity index (χ3n) is 7.03. The third kappa shape index (κ3) is 7.12. The van der Waals surface area contributed by atoms with Crippen molar-refractivity contribution >= 4 is 89.4 Å². The van der Waals surface area contributed by atoms with Crippen molar-refractivity contribution in [3.05, 3.63) is 44.1 Å². The van der Waals surface area contributed by atoms with Crippen LogP contribution in [-0.4, -0.2) is 55.9 Å². The predicted molar refractivity (Wildman–Crippen MR) is 172 cm³/mol. The SMILES string of the molecule is COc1cc2sc(C(=O)C[C@H](C)C(C)=O)cc2c(Cl)c1OCCOc1c(OC)cc2sc(C(=O)C[C@H](C)C(=O)O)cc2c1Cl. The Labute approximate surface area is 271 Å². The lowest BCUT2D eigenvalue weighted by Crippen LogP contribution is -2.13. The zero-order valence-corrected chi connectivity index (χ0v) is 27.7. The van der Waals surface area contributed by atoms with Crippen LogP contribution in [0, 0.1) is 11.8 Å². The van der Waals surface area contributed by atoms with Crippen LogP contribution in [0.15, 0.2) is 24.3 Å². The highest BCUT2D eigenvalue weighted by atomic mass is 35.5. The maximum Gasteiger partial charge on any atom is 0.306 e. The van der Waals surface area contributed by atoms with Crippen LogP contribution in [0.5, 0.6) is 23.0 Å². The number of Topliss-reactive ketones (excluding diaryl/α,β-unsaturated/α-hetero) is 3. The highest BCUT2D eigenvalue weighted by molar-refractivity contribution is 7.21. The van der Waals surface area contributed by atoms with Gasteiger partial charge in [-0.15, -0.1) is 22.7 Å². The van der Waals surface area contributed by atoms with Crippen LogP contribution in [0.1, 0.15) is 53.0 Å². The average Bonchev–Trinajstić information content (AvgIpc) is 3.62. The Hall–Kier alpha value is -3.38. The lowest BCUT2D eigenvalue weighted by atomic mass is 10.00. The maximum absolute atomic E-state index is 12.8. The summed E-state index contributed by atoms with van der Waals surface area (Å²) in [6, 6.07) is 6.78. The Kier molecular flexibility index (Phi) is 10.8. The lowest BCUT2D eigenvalue weighted by molar-refractivity contribution is -0.141. The van der Waals surface area contributed by atoms with Gasteiger partial charge in [0, 0.05) is 51.1 Å². The van der Waals surface area contributed by atoms with Crippen molar-refractivity contribution in [1.29, 1.82) is 0 Å². The molecule has 0 bridgehead atoms. The van der Waals surface area contributed by atoms with Gasteiger partial charge in [-0.3, -0.25) is 19.2 Å². The summed E-state index contributed by atoms with van der Waals surface area (Å²) in [6.45, 7) is 4.76. The molecule has 0 saturated heterocycles. The van der Waals surface area contributed by atoms with Gasteiger partial charge in [0.05, 0.1) is 39.9 Å². The number of ketones is 3. The molecule has 1 N–H and O–H groups in total. The number of carbonyl (C=O) groups is 4. The summed E-state index contributed by atoms with van der Waals surface area (Å²) in [5.74, 6) is -1.42. The van der Waals surface area contributed by atoms with E-state index in [2.05, 4.69) is 0 Å². The number of methoxy groups -OCH3 is 2. The number of hydrogen-bond acceptors (Lipinski definition) is 10. The molecule has 0 aliphatic heterocycles. The van der Waals surface area contributed by atoms with E-state index in [9.17, 15) is 19.2 Å². The van der Waals surface area contributed by atoms with Gasteiger partial charge in [-0.05, 0) is 19.1 Å². The second kappa shape index (κ2) is 14.2. The number of thiophene rings is 2. The molecule has 2 heterocycles. The van der Waals surface area contributed by atoms with Crippen LogP contribution < -0.4 is 18.9 Å². The highest BCUT2D eigenvalue weighted by Crippen LogP contribution is 2.46. The number of rotatable bonds is 15. The van der Waals surface area contributed by atoms with Crippen molar-refractivity contribution < 1.29 is 43.2 Å². The Morgan fingerprint density at radius 3 is 1.52 bits per heavy atom. The number of halogens is 2. The minimum Gasteiger partial charge on any atom is -0.493 e. The molecule has 44 heavy (non-hydrogen) atoms. The van der Waals surface area contributed by atoms with Gasteiger partial charge < -0.3 is 24.1 Å². The standard InChI is InChI=1S/C31H30Cl2O9S2/c1-14(16(3)34)8-19(35)25-10-17-23(43-25)12-21(39-4)29(27(17)32)41-6-7-42-30-22(40-5)13-24-18(28(30)33)11-26(44-24)20(36)9-15(2)31(37)38/h10-15H,6-9H2,1-5H3,(H,37,38)/t14-,15-/m0/s1. The number of aliphatic carboxylic acids is 1. The van der Waals surface area contributed by atoms with Gasteiger partial charge in [0.1, 0.15) is 19.0 Å².